The quantitative estimate of drug-likeness (QED) is 0.793. The number of carbonyl (C=O) groups excluding carboxylic acids is 2. The number of hydrogen-bond donors (Lipinski definition) is 3. The van der Waals surface area contributed by atoms with Crippen molar-refractivity contribution >= 4 is 17.6 Å². The number of benzene rings is 1. The van der Waals surface area contributed by atoms with Crippen molar-refractivity contribution in [2.75, 3.05) is 18.4 Å². The number of urea groups is 1. The van der Waals surface area contributed by atoms with Crippen LogP contribution in [0.2, 0.25) is 0 Å². The van der Waals surface area contributed by atoms with Crippen LogP contribution >= 0.6 is 0 Å². The predicted octanol–water partition coefficient (Wildman–Crippen LogP) is 1.62. The highest BCUT2D eigenvalue weighted by molar-refractivity contribution is 5.94. The molecule has 126 valence electrons. The van der Waals surface area contributed by atoms with Crippen molar-refractivity contribution in [1.82, 2.24) is 20.1 Å². The SMILES string of the molecule is Cc1nc(C2CCCN(C(=O)Nc3ccc(C(N)=O)cc3)C2)n[nH]1. The Labute approximate surface area is 139 Å². The number of carbonyl (C=O) groups is 2. The first-order valence-corrected chi connectivity index (χ1v) is 7.87. The maximum Gasteiger partial charge on any atom is 0.321 e. The van der Waals surface area contributed by atoms with E-state index < -0.39 is 5.91 Å². The Morgan fingerprint density at radius 3 is 2.71 bits per heavy atom. The van der Waals surface area contributed by atoms with Crippen molar-refractivity contribution < 1.29 is 9.59 Å². The predicted molar refractivity (Wildman–Crippen MR) is 88.6 cm³/mol. The van der Waals surface area contributed by atoms with E-state index in [4.69, 9.17) is 5.73 Å². The minimum absolute atomic E-state index is 0.145. The Kier molecular flexibility index (Phi) is 4.45. The summed E-state index contributed by atoms with van der Waals surface area (Å²) in [5, 5.41) is 9.89. The van der Waals surface area contributed by atoms with Crippen molar-refractivity contribution in [3.8, 4) is 0 Å². The van der Waals surface area contributed by atoms with E-state index in [0.29, 0.717) is 24.3 Å². The zero-order valence-electron chi connectivity index (χ0n) is 13.5. The van der Waals surface area contributed by atoms with Crippen LogP contribution in [0.15, 0.2) is 24.3 Å². The lowest BCUT2D eigenvalue weighted by atomic mass is 9.98. The number of H-pyrrole nitrogens is 1. The third kappa shape index (κ3) is 3.53. The number of aryl methyl sites for hydroxylation is 1. The standard InChI is InChI=1S/C16H20N6O2/c1-10-18-15(21-20-10)12-3-2-8-22(9-12)16(24)19-13-6-4-11(5-7-13)14(17)23/h4-7,12H,2-3,8-9H2,1H3,(H2,17,23)(H,19,24)(H,18,20,21). The van der Waals surface area contributed by atoms with E-state index in [9.17, 15) is 9.59 Å². The number of nitrogens with two attached hydrogens (primary N) is 1. The van der Waals surface area contributed by atoms with Gasteiger partial charge >= 0.3 is 6.03 Å². The fraction of sp³-hybridized carbons (Fsp3) is 0.375. The maximum atomic E-state index is 12.4. The normalized spacial score (nSPS) is 17.5. The smallest absolute Gasteiger partial charge is 0.321 e. The van der Waals surface area contributed by atoms with Crippen molar-refractivity contribution in [3.63, 3.8) is 0 Å². The van der Waals surface area contributed by atoms with Gasteiger partial charge in [0.05, 0.1) is 0 Å². The van der Waals surface area contributed by atoms with E-state index in [1.165, 1.54) is 0 Å². The fourth-order valence-corrected chi connectivity index (χ4v) is 2.84. The molecule has 0 aliphatic carbocycles. The van der Waals surface area contributed by atoms with Crippen LogP contribution in [-0.4, -0.2) is 45.1 Å². The summed E-state index contributed by atoms with van der Waals surface area (Å²) in [6, 6.07) is 6.34. The first kappa shape index (κ1) is 16.0. The van der Waals surface area contributed by atoms with Crippen LogP contribution in [0.3, 0.4) is 0 Å². The number of aromatic amines is 1. The number of piperidine rings is 1. The number of anilines is 1. The number of hydrogen-bond acceptors (Lipinski definition) is 4. The summed E-state index contributed by atoms with van der Waals surface area (Å²) < 4.78 is 0. The third-order valence-electron chi connectivity index (χ3n) is 4.11. The van der Waals surface area contributed by atoms with Crippen LogP contribution in [-0.2, 0) is 0 Å². The molecule has 3 amide bonds. The monoisotopic (exact) mass is 328 g/mol. The molecule has 3 rings (SSSR count). The molecule has 0 bridgehead atoms. The molecule has 1 aliphatic rings. The van der Waals surface area contributed by atoms with E-state index in [-0.39, 0.29) is 11.9 Å². The van der Waals surface area contributed by atoms with Crippen LogP contribution in [0.4, 0.5) is 10.5 Å². The van der Waals surface area contributed by atoms with Gasteiger partial charge in [-0.2, -0.15) is 5.10 Å². The highest BCUT2D eigenvalue weighted by atomic mass is 16.2. The molecule has 8 nitrogen and oxygen atoms in total. The minimum Gasteiger partial charge on any atom is -0.366 e. The van der Waals surface area contributed by atoms with Gasteiger partial charge in [0.1, 0.15) is 5.82 Å². The first-order valence-electron chi connectivity index (χ1n) is 7.87. The van der Waals surface area contributed by atoms with Gasteiger partial charge in [-0.25, -0.2) is 9.78 Å². The molecule has 0 radical (unpaired) electrons. The van der Waals surface area contributed by atoms with E-state index >= 15 is 0 Å². The lowest BCUT2D eigenvalue weighted by Crippen LogP contribution is -2.41. The summed E-state index contributed by atoms with van der Waals surface area (Å²) in [6.07, 6.45) is 1.88. The lowest BCUT2D eigenvalue weighted by Gasteiger charge is -2.31. The molecule has 1 aromatic carbocycles. The topological polar surface area (TPSA) is 117 Å². The molecule has 0 spiro atoms. The molecule has 2 heterocycles. The number of primary amides is 1. The van der Waals surface area contributed by atoms with Gasteiger partial charge in [0, 0.05) is 30.3 Å². The fourth-order valence-electron chi connectivity index (χ4n) is 2.84. The molecule has 8 heteroatoms. The molecular formula is C16H20N6O2. The van der Waals surface area contributed by atoms with Crippen LogP contribution in [0.5, 0.6) is 0 Å². The van der Waals surface area contributed by atoms with Gasteiger partial charge in [0.15, 0.2) is 5.82 Å². The zero-order valence-corrected chi connectivity index (χ0v) is 13.5. The van der Waals surface area contributed by atoms with Gasteiger partial charge < -0.3 is 16.0 Å². The summed E-state index contributed by atoms with van der Waals surface area (Å²) in [7, 11) is 0. The second kappa shape index (κ2) is 6.69. The molecule has 24 heavy (non-hydrogen) atoms. The number of aromatic nitrogens is 3. The Hall–Kier alpha value is -2.90. The maximum absolute atomic E-state index is 12.4. The van der Waals surface area contributed by atoms with E-state index in [1.54, 1.807) is 29.2 Å². The van der Waals surface area contributed by atoms with Crippen LogP contribution in [0, 0.1) is 6.92 Å². The van der Waals surface area contributed by atoms with E-state index in [2.05, 4.69) is 20.5 Å². The Morgan fingerprint density at radius 1 is 1.33 bits per heavy atom. The average Bonchev–Trinajstić information content (AvgIpc) is 3.02. The molecular weight excluding hydrogens is 308 g/mol. The highest BCUT2D eigenvalue weighted by Gasteiger charge is 2.27. The molecule has 1 fully saturated rings. The van der Waals surface area contributed by atoms with Crippen molar-refractivity contribution in [2.24, 2.45) is 5.73 Å². The van der Waals surface area contributed by atoms with Gasteiger partial charge in [-0.05, 0) is 44.0 Å². The average molecular weight is 328 g/mol. The summed E-state index contributed by atoms with van der Waals surface area (Å²) in [5.41, 5.74) is 6.24. The van der Waals surface area contributed by atoms with E-state index in [1.807, 2.05) is 6.92 Å². The van der Waals surface area contributed by atoms with Crippen molar-refractivity contribution in [1.29, 1.82) is 0 Å². The van der Waals surface area contributed by atoms with Crippen LogP contribution < -0.4 is 11.1 Å². The highest BCUT2D eigenvalue weighted by Crippen LogP contribution is 2.25. The van der Waals surface area contributed by atoms with Crippen molar-refractivity contribution in [2.45, 2.75) is 25.7 Å². The Morgan fingerprint density at radius 2 is 2.08 bits per heavy atom. The third-order valence-corrected chi connectivity index (χ3v) is 4.11. The Bertz CT molecular complexity index is 739. The first-order chi connectivity index (χ1) is 11.5. The van der Waals surface area contributed by atoms with Crippen molar-refractivity contribution in [3.05, 3.63) is 41.5 Å². The van der Waals surface area contributed by atoms with Crippen LogP contribution in [0.25, 0.3) is 0 Å². The molecule has 0 saturated carbocycles. The largest absolute Gasteiger partial charge is 0.366 e. The van der Waals surface area contributed by atoms with Gasteiger partial charge in [-0.15, -0.1) is 0 Å². The summed E-state index contributed by atoms with van der Waals surface area (Å²) in [5.74, 6) is 1.19. The Balaban J connectivity index is 1.63. The van der Waals surface area contributed by atoms with E-state index in [0.717, 1.165) is 24.5 Å². The molecule has 1 unspecified atom stereocenters. The number of likely N-dealkylation sites (tertiary alicyclic amines) is 1. The molecule has 1 aliphatic heterocycles. The summed E-state index contributed by atoms with van der Waals surface area (Å²) in [6.45, 7) is 3.15. The lowest BCUT2D eigenvalue weighted by molar-refractivity contribution is 0.100. The molecule has 1 aromatic heterocycles. The minimum atomic E-state index is -0.492. The second-order valence-electron chi connectivity index (χ2n) is 5.94. The second-order valence-corrected chi connectivity index (χ2v) is 5.94. The number of nitrogens with zero attached hydrogens (tertiary/aromatic N) is 3. The number of amides is 3. The number of nitrogens with one attached hydrogen (secondary N) is 2. The molecule has 4 N–H and O–H groups in total. The number of rotatable bonds is 3. The molecule has 1 atom stereocenters. The van der Waals surface area contributed by atoms with Gasteiger partial charge in [-0.3, -0.25) is 9.89 Å². The van der Waals surface area contributed by atoms with Gasteiger partial charge in [-0.1, -0.05) is 0 Å². The van der Waals surface area contributed by atoms with Crippen LogP contribution in [0.1, 0.15) is 40.8 Å². The molecule has 2 aromatic rings. The molecule has 1 saturated heterocycles. The summed E-state index contributed by atoms with van der Waals surface area (Å²) in [4.78, 5) is 29.6. The van der Waals surface area contributed by atoms with Gasteiger partial charge in [0.2, 0.25) is 5.91 Å². The summed E-state index contributed by atoms with van der Waals surface area (Å²) >= 11 is 0. The zero-order chi connectivity index (χ0) is 17.1. The van der Waals surface area contributed by atoms with Gasteiger partial charge in [0.25, 0.3) is 0 Å².